The molecular formula is C29H33N5O4S2. The predicted molar refractivity (Wildman–Crippen MR) is 160 cm³/mol. The lowest BCUT2D eigenvalue weighted by molar-refractivity contribution is 0.0948. The number of aryl methyl sites for hydroxylation is 1. The molecule has 1 amide bonds. The van der Waals surface area contributed by atoms with Gasteiger partial charge in [0.1, 0.15) is 5.75 Å². The molecule has 11 heteroatoms. The molecule has 9 nitrogen and oxygen atoms in total. The van der Waals surface area contributed by atoms with Crippen LogP contribution < -0.4 is 19.7 Å². The largest absolute Gasteiger partial charge is 0.497 e. The second-order valence-electron chi connectivity index (χ2n) is 9.53. The van der Waals surface area contributed by atoms with Gasteiger partial charge in [-0.1, -0.05) is 42.5 Å². The van der Waals surface area contributed by atoms with Gasteiger partial charge in [0.25, 0.3) is 15.9 Å². The van der Waals surface area contributed by atoms with Gasteiger partial charge in [0.05, 0.1) is 33.5 Å². The summed E-state index contributed by atoms with van der Waals surface area (Å²) in [5.74, 6) is 0.232. The Morgan fingerprint density at radius 1 is 1.00 bits per heavy atom. The van der Waals surface area contributed by atoms with Crippen molar-refractivity contribution < 1.29 is 17.9 Å². The topological polar surface area (TPSA) is 104 Å². The van der Waals surface area contributed by atoms with E-state index in [-0.39, 0.29) is 22.1 Å². The molecule has 2 heterocycles. The van der Waals surface area contributed by atoms with Gasteiger partial charge in [-0.25, -0.2) is 13.4 Å². The van der Waals surface area contributed by atoms with E-state index < -0.39 is 10.0 Å². The van der Waals surface area contributed by atoms with Gasteiger partial charge < -0.3 is 15.0 Å². The summed E-state index contributed by atoms with van der Waals surface area (Å²) < 4.78 is 34.7. The number of hydrogen-bond acceptors (Lipinski definition) is 8. The molecule has 0 saturated carbocycles. The van der Waals surface area contributed by atoms with Gasteiger partial charge in [-0.3, -0.25) is 14.4 Å². The van der Waals surface area contributed by atoms with Crippen LogP contribution in [0.15, 0.2) is 71.6 Å². The van der Waals surface area contributed by atoms with Crippen LogP contribution in [-0.4, -0.2) is 70.6 Å². The molecule has 1 saturated heterocycles. The Morgan fingerprint density at radius 3 is 2.48 bits per heavy atom. The second-order valence-corrected chi connectivity index (χ2v) is 12.2. The average Bonchev–Trinajstić information content (AvgIpc) is 3.42. The third-order valence-corrected chi connectivity index (χ3v) is 9.48. The number of para-hydroxylation sites is 2. The number of thiazole rings is 1. The molecule has 1 aromatic heterocycles. The maximum Gasteiger partial charge on any atom is 0.261 e. The molecular weight excluding hydrogens is 546 g/mol. The molecule has 1 aliphatic rings. The van der Waals surface area contributed by atoms with E-state index >= 15 is 0 Å². The summed E-state index contributed by atoms with van der Waals surface area (Å²) in [5, 5.41) is 4.01. The van der Waals surface area contributed by atoms with Gasteiger partial charge in [0.15, 0.2) is 5.13 Å². The first kappa shape index (κ1) is 27.9. The number of hydrogen-bond donors (Lipinski definition) is 2. The first-order valence-corrected chi connectivity index (χ1v) is 15.6. The van der Waals surface area contributed by atoms with Gasteiger partial charge >= 0.3 is 0 Å². The van der Waals surface area contributed by atoms with Crippen LogP contribution in [-0.2, 0) is 16.4 Å². The first-order chi connectivity index (χ1) is 19.4. The number of fused-ring (bicyclic) bond motifs is 1. The Balaban J connectivity index is 1.14. The number of aromatic nitrogens is 1. The molecule has 0 bridgehead atoms. The van der Waals surface area contributed by atoms with Crippen molar-refractivity contribution in [1.82, 2.24) is 15.2 Å². The number of amides is 1. The molecule has 0 unspecified atom stereocenters. The van der Waals surface area contributed by atoms with Crippen LogP contribution in [0.25, 0.3) is 10.2 Å². The smallest absolute Gasteiger partial charge is 0.261 e. The number of methoxy groups -OCH3 is 1. The highest BCUT2D eigenvalue weighted by atomic mass is 32.2. The standard InChI is InChI=1S/C29H33N5O4S2/c1-3-21-7-6-10-26-27(21)31-29(39-26)34-19-17-33(18-20-34)16-15-30-28(35)24-8-4-5-9-25(24)32-40(36,37)23-13-11-22(38-2)12-14-23/h4-14,32H,3,15-20H2,1-2H3,(H,30,35). The normalized spacial score (nSPS) is 14.3. The van der Waals surface area contributed by atoms with Gasteiger partial charge in [-0.2, -0.15) is 0 Å². The van der Waals surface area contributed by atoms with Crippen LogP contribution in [0.2, 0.25) is 0 Å². The molecule has 0 radical (unpaired) electrons. The minimum atomic E-state index is -3.88. The molecule has 1 fully saturated rings. The van der Waals surface area contributed by atoms with Crippen molar-refractivity contribution in [2.75, 3.05) is 56.0 Å². The minimum absolute atomic E-state index is 0.0827. The number of piperazine rings is 1. The Labute approximate surface area is 238 Å². The molecule has 1 aliphatic heterocycles. The first-order valence-electron chi connectivity index (χ1n) is 13.3. The zero-order chi connectivity index (χ0) is 28.1. The van der Waals surface area contributed by atoms with E-state index in [2.05, 4.69) is 45.0 Å². The Kier molecular flexibility index (Phi) is 8.53. The Bertz CT molecular complexity index is 1580. The van der Waals surface area contributed by atoms with Crippen molar-refractivity contribution in [1.29, 1.82) is 0 Å². The number of benzene rings is 3. The molecule has 4 aromatic rings. The van der Waals surface area contributed by atoms with Crippen LogP contribution in [0, 0.1) is 0 Å². The number of ether oxygens (including phenoxy) is 1. The molecule has 210 valence electrons. The summed E-state index contributed by atoms with van der Waals surface area (Å²) in [7, 11) is -2.36. The fourth-order valence-corrected chi connectivity index (χ4v) is 6.87. The molecule has 0 atom stereocenters. The Morgan fingerprint density at radius 2 is 1.75 bits per heavy atom. The molecule has 0 aliphatic carbocycles. The minimum Gasteiger partial charge on any atom is -0.497 e. The maximum absolute atomic E-state index is 13.0. The van der Waals surface area contributed by atoms with Crippen LogP contribution in [0.4, 0.5) is 10.8 Å². The van der Waals surface area contributed by atoms with Gasteiger partial charge in [-0.05, 0) is 54.4 Å². The number of carbonyl (C=O) groups is 1. The highest BCUT2D eigenvalue weighted by Gasteiger charge is 2.22. The number of carbonyl (C=O) groups excluding carboxylic acids is 1. The zero-order valence-electron chi connectivity index (χ0n) is 22.6. The third-order valence-electron chi connectivity index (χ3n) is 7.01. The van der Waals surface area contributed by atoms with E-state index in [1.807, 2.05) is 0 Å². The summed E-state index contributed by atoms with van der Waals surface area (Å²) >= 11 is 1.74. The van der Waals surface area contributed by atoms with Gasteiger partial charge in [0, 0.05) is 39.3 Å². The van der Waals surface area contributed by atoms with Crippen molar-refractivity contribution in [2.45, 2.75) is 18.2 Å². The van der Waals surface area contributed by atoms with Gasteiger partial charge in [0.2, 0.25) is 0 Å². The lowest BCUT2D eigenvalue weighted by Gasteiger charge is -2.34. The number of nitrogens with zero attached hydrogens (tertiary/aromatic N) is 3. The molecule has 3 aromatic carbocycles. The summed E-state index contributed by atoms with van der Waals surface area (Å²) in [6.07, 6.45) is 0.971. The highest BCUT2D eigenvalue weighted by Crippen LogP contribution is 2.31. The second kappa shape index (κ2) is 12.2. The summed E-state index contributed by atoms with van der Waals surface area (Å²) in [4.78, 5) is 22.7. The Hall–Kier alpha value is -3.67. The van der Waals surface area contributed by atoms with E-state index in [0.29, 0.717) is 18.8 Å². The van der Waals surface area contributed by atoms with Gasteiger partial charge in [-0.15, -0.1) is 0 Å². The van der Waals surface area contributed by atoms with E-state index in [1.165, 1.54) is 29.5 Å². The van der Waals surface area contributed by atoms with Crippen LogP contribution in [0.3, 0.4) is 0 Å². The van der Waals surface area contributed by atoms with Crippen LogP contribution in [0.5, 0.6) is 5.75 Å². The van der Waals surface area contributed by atoms with Crippen molar-refractivity contribution in [3.63, 3.8) is 0 Å². The summed E-state index contributed by atoms with van der Waals surface area (Å²) in [6.45, 7) is 6.84. The van der Waals surface area contributed by atoms with Crippen molar-refractivity contribution in [3.05, 3.63) is 77.9 Å². The van der Waals surface area contributed by atoms with Crippen LogP contribution >= 0.6 is 11.3 Å². The zero-order valence-corrected chi connectivity index (χ0v) is 24.2. The molecule has 40 heavy (non-hydrogen) atoms. The lowest BCUT2D eigenvalue weighted by Crippen LogP contribution is -2.48. The maximum atomic E-state index is 13.0. The third kappa shape index (κ3) is 6.22. The van der Waals surface area contributed by atoms with E-state index in [1.54, 1.807) is 47.7 Å². The quantitative estimate of drug-likeness (QED) is 0.290. The summed E-state index contributed by atoms with van der Waals surface area (Å²) in [5.41, 5.74) is 2.89. The fraction of sp³-hybridized carbons (Fsp3) is 0.310. The number of rotatable bonds is 10. The van der Waals surface area contributed by atoms with Crippen LogP contribution in [0.1, 0.15) is 22.8 Å². The van der Waals surface area contributed by atoms with Crippen molar-refractivity contribution in [3.8, 4) is 5.75 Å². The lowest BCUT2D eigenvalue weighted by atomic mass is 10.1. The number of nitrogens with one attached hydrogen (secondary N) is 2. The number of anilines is 2. The highest BCUT2D eigenvalue weighted by molar-refractivity contribution is 7.92. The number of sulfonamides is 1. The van der Waals surface area contributed by atoms with E-state index in [9.17, 15) is 13.2 Å². The molecule has 2 N–H and O–H groups in total. The van der Waals surface area contributed by atoms with E-state index in [4.69, 9.17) is 9.72 Å². The SMILES string of the molecule is CCc1cccc2sc(N3CCN(CCNC(=O)c4ccccc4NS(=O)(=O)c4ccc(OC)cc4)CC3)nc12. The fourth-order valence-electron chi connectivity index (χ4n) is 4.73. The predicted octanol–water partition coefficient (Wildman–Crippen LogP) is 4.22. The summed E-state index contributed by atoms with van der Waals surface area (Å²) in [6, 6.07) is 19.1. The van der Waals surface area contributed by atoms with Crippen molar-refractivity contribution >= 4 is 48.3 Å². The van der Waals surface area contributed by atoms with E-state index in [0.717, 1.165) is 43.2 Å². The molecule has 5 rings (SSSR count). The van der Waals surface area contributed by atoms with Crippen molar-refractivity contribution in [2.24, 2.45) is 0 Å². The monoisotopic (exact) mass is 579 g/mol. The molecule has 0 spiro atoms. The average molecular weight is 580 g/mol.